The summed E-state index contributed by atoms with van der Waals surface area (Å²) in [7, 11) is 0. The Hall–Kier alpha value is -2.35. The molecule has 2 nitrogen and oxygen atoms in total. The molecule has 0 saturated carbocycles. The number of carbonyl (C=O) groups excluding carboxylic acids is 1. The summed E-state index contributed by atoms with van der Waals surface area (Å²) in [5.41, 5.74) is 2.04. The van der Waals surface area contributed by atoms with Gasteiger partial charge in [0.1, 0.15) is 6.10 Å². The number of hydrogen-bond donors (Lipinski definition) is 0. The highest BCUT2D eigenvalue weighted by Crippen LogP contribution is 2.20. The van der Waals surface area contributed by atoms with Crippen molar-refractivity contribution in [3.63, 3.8) is 0 Å². The summed E-state index contributed by atoms with van der Waals surface area (Å²) in [4.78, 5) is 11.2. The van der Waals surface area contributed by atoms with E-state index in [1.54, 1.807) is 0 Å². The molecular formula is C17H16O2. The van der Waals surface area contributed by atoms with Gasteiger partial charge < -0.3 is 4.74 Å². The lowest BCUT2D eigenvalue weighted by atomic mass is 10.1. The second kappa shape index (κ2) is 6.55. The fourth-order valence-electron chi connectivity index (χ4n) is 1.80. The van der Waals surface area contributed by atoms with E-state index in [9.17, 15) is 4.79 Å². The highest BCUT2D eigenvalue weighted by atomic mass is 16.5. The SMILES string of the molecule is CC(=O)OC(/C=C\c1ccccc1)c1ccccc1. The Balaban J connectivity index is 2.19. The Morgan fingerprint density at radius 2 is 1.58 bits per heavy atom. The zero-order chi connectivity index (χ0) is 13.5. The van der Waals surface area contributed by atoms with E-state index in [1.807, 2.05) is 72.8 Å². The maximum Gasteiger partial charge on any atom is 0.303 e. The minimum Gasteiger partial charge on any atom is -0.453 e. The number of hydrogen-bond acceptors (Lipinski definition) is 2. The molecule has 2 aromatic rings. The minimum absolute atomic E-state index is 0.286. The molecule has 2 aromatic carbocycles. The number of esters is 1. The summed E-state index contributed by atoms with van der Waals surface area (Å²) >= 11 is 0. The number of benzene rings is 2. The Morgan fingerprint density at radius 1 is 1.00 bits per heavy atom. The van der Waals surface area contributed by atoms with Gasteiger partial charge in [0.15, 0.2) is 0 Å². The first-order chi connectivity index (χ1) is 9.25. The van der Waals surface area contributed by atoms with Gasteiger partial charge in [-0.15, -0.1) is 0 Å². The van der Waals surface area contributed by atoms with Crippen molar-refractivity contribution in [3.8, 4) is 0 Å². The third-order valence-electron chi connectivity index (χ3n) is 2.68. The number of carbonyl (C=O) groups is 1. The second-order valence-electron chi connectivity index (χ2n) is 4.21. The van der Waals surface area contributed by atoms with Crippen LogP contribution >= 0.6 is 0 Å². The molecule has 19 heavy (non-hydrogen) atoms. The van der Waals surface area contributed by atoms with Crippen LogP contribution in [0.3, 0.4) is 0 Å². The van der Waals surface area contributed by atoms with E-state index in [0.717, 1.165) is 11.1 Å². The van der Waals surface area contributed by atoms with Crippen LogP contribution in [0.25, 0.3) is 6.08 Å². The smallest absolute Gasteiger partial charge is 0.303 e. The first-order valence-electron chi connectivity index (χ1n) is 6.21. The molecule has 2 rings (SSSR count). The van der Waals surface area contributed by atoms with Crippen LogP contribution in [-0.2, 0) is 9.53 Å². The standard InChI is InChI=1S/C17H16O2/c1-14(18)19-17(16-10-6-3-7-11-16)13-12-15-8-4-2-5-9-15/h2-13,17H,1H3/b13-12-. The predicted octanol–water partition coefficient (Wildman–Crippen LogP) is 4.00. The summed E-state index contributed by atoms with van der Waals surface area (Å²) in [6.45, 7) is 1.42. The molecule has 0 spiro atoms. The number of ether oxygens (including phenoxy) is 1. The van der Waals surface area contributed by atoms with Crippen LogP contribution in [0.5, 0.6) is 0 Å². The summed E-state index contributed by atoms with van der Waals surface area (Å²) in [5.74, 6) is -0.286. The van der Waals surface area contributed by atoms with Gasteiger partial charge in [-0.3, -0.25) is 4.79 Å². The van der Waals surface area contributed by atoms with Gasteiger partial charge in [-0.2, -0.15) is 0 Å². The Labute approximate surface area is 113 Å². The predicted molar refractivity (Wildman–Crippen MR) is 76.4 cm³/mol. The molecule has 0 aliphatic rings. The molecule has 1 unspecified atom stereocenters. The van der Waals surface area contributed by atoms with E-state index in [4.69, 9.17) is 4.74 Å². The van der Waals surface area contributed by atoms with Crippen LogP contribution in [0.1, 0.15) is 24.2 Å². The lowest BCUT2D eigenvalue weighted by Crippen LogP contribution is -2.05. The molecule has 0 amide bonds. The molecule has 0 aliphatic heterocycles. The Morgan fingerprint density at radius 3 is 2.16 bits per heavy atom. The Bertz CT molecular complexity index is 544. The summed E-state index contributed by atoms with van der Waals surface area (Å²) in [5, 5.41) is 0. The van der Waals surface area contributed by atoms with Gasteiger partial charge >= 0.3 is 5.97 Å². The van der Waals surface area contributed by atoms with Crippen molar-refractivity contribution < 1.29 is 9.53 Å². The van der Waals surface area contributed by atoms with Crippen molar-refractivity contribution in [2.24, 2.45) is 0 Å². The van der Waals surface area contributed by atoms with Gasteiger partial charge in [-0.25, -0.2) is 0 Å². The van der Waals surface area contributed by atoms with Crippen molar-refractivity contribution in [2.45, 2.75) is 13.0 Å². The summed E-state index contributed by atoms with van der Waals surface area (Å²) < 4.78 is 5.33. The third kappa shape index (κ3) is 4.11. The van der Waals surface area contributed by atoms with E-state index >= 15 is 0 Å². The summed E-state index contributed by atoms with van der Waals surface area (Å²) in [6.07, 6.45) is 3.51. The molecule has 1 atom stereocenters. The van der Waals surface area contributed by atoms with Crippen molar-refractivity contribution >= 4 is 12.0 Å². The molecule has 0 fully saturated rings. The third-order valence-corrected chi connectivity index (χ3v) is 2.68. The quantitative estimate of drug-likeness (QED) is 0.769. The molecule has 0 N–H and O–H groups in total. The van der Waals surface area contributed by atoms with E-state index in [2.05, 4.69) is 0 Å². The maximum absolute atomic E-state index is 11.2. The van der Waals surface area contributed by atoms with E-state index in [1.165, 1.54) is 6.92 Å². The maximum atomic E-state index is 11.2. The monoisotopic (exact) mass is 252 g/mol. The van der Waals surface area contributed by atoms with Crippen molar-refractivity contribution in [1.82, 2.24) is 0 Å². The topological polar surface area (TPSA) is 26.3 Å². The zero-order valence-electron chi connectivity index (χ0n) is 10.8. The van der Waals surface area contributed by atoms with Crippen LogP contribution in [0, 0.1) is 0 Å². The van der Waals surface area contributed by atoms with Crippen LogP contribution in [0.4, 0.5) is 0 Å². The highest BCUT2D eigenvalue weighted by molar-refractivity contribution is 5.67. The molecule has 0 heterocycles. The van der Waals surface area contributed by atoms with Crippen LogP contribution in [0.2, 0.25) is 0 Å². The summed E-state index contributed by atoms with van der Waals surface area (Å²) in [6, 6.07) is 19.6. The molecule has 0 aromatic heterocycles. The molecule has 0 aliphatic carbocycles. The second-order valence-corrected chi connectivity index (χ2v) is 4.21. The lowest BCUT2D eigenvalue weighted by Gasteiger charge is -2.13. The van der Waals surface area contributed by atoms with Gasteiger partial charge in [-0.05, 0) is 17.2 Å². The lowest BCUT2D eigenvalue weighted by molar-refractivity contribution is -0.144. The molecule has 2 heteroatoms. The molecule has 0 radical (unpaired) electrons. The van der Waals surface area contributed by atoms with Crippen LogP contribution < -0.4 is 0 Å². The fourth-order valence-corrected chi connectivity index (χ4v) is 1.80. The van der Waals surface area contributed by atoms with Crippen LogP contribution in [0.15, 0.2) is 66.7 Å². The minimum atomic E-state index is -0.348. The number of rotatable bonds is 4. The van der Waals surface area contributed by atoms with Crippen LogP contribution in [-0.4, -0.2) is 5.97 Å². The highest BCUT2D eigenvalue weighted by Gasteiger charge is 2.10. The molecular weight excluding hydrogens is 236 g/mol. The first-order valence-corrected chi connectivity index (χ1v) is 6.21. The average molecular weight is 252 g/mol. The average Bonchev–Trinajstić information content (AvgIpc) is 2.45. The van der Waals surface area contributed by atoms with E-state index in [-0.39, 0.29) is 12.1 Å². The zero-order valence-corrected chi connectivity index (χ0v) is 10.8. The van der Waals surface area contributed by atoms with Gasteiger partial charge in [0, 0.05) is 6.92 Å². The molecule has 0 saturated heterocycles. The van der Waals surface area contributed by atoms with Crippen molar-refractivity contribution in [3.05, 3.63) is 77.9 Å². The van der Waals surface area contributed by atoms with Gasteiger partial charge in [-0.1, -0.05) is 66.7 Å². The molecule has 0 bridgehead atoms. The first kappa shape index (κ1) is 13.1. The van der Waals surface area contributed by atoms with Gasteiger partial charge in [0.25, 0.3) is 0 Å². The largest absolute Gasteiger partial charge is 0.453 e. The Kier molecular flexibility index (Phi) is 4.51. The van der Waals surface area contributed by atoms with E-state index < -0.39 is 0 Å². The van der Waals surface area contributed by atoms with Gasteiger partial charge in [0.2, 0.25) is 0 Å². The van der Waals surface area contributed by atoms with Crippen molar-refractivity contribution in [1.29, 1.82) is 0 Å². The normalized spacial score (nSPS) is 12.3. The molecule has 96 valence electrons. The van der Waals surface area contributed by atoms with Gasteiger partial charge in [0.05, 0.1) is 0 Å². The van der Waals surface area contributed by atoms with E-state index in [0.29, 0.717) is 0 Å². The van der Waals surface area contributed by atoms with Crippen molar-refractivity contribution in [2.75, 3.05) is 0 Å². The fraction of sp³-hybridized carbons (Fsp3) is 0.118.